The number of nitrogens with one attached hydrogen (secondary N) is 3. The molecule has 192 valence electrons. The van der Waals surface area contributed by atoms with Gasteiger partial charge in [0.05, 0.1) is 37.3 Å². The molecular weight excluding hydrogens is 476 g/mol. The summed E-state index contributed by atoms with van der Waals surface area (Å²) in [6, 6.07) is -2.59. The van der Waals surface area contributed by atoms with Gasteiger partial charge in [0, 0.05) is 25.9 Å². The van der Waals surface area contributed by atoms with Gasteiger partial charge in [-0.05, 0) is 0 Å². The molecule has 0 bridgehead atoms. The molecule has 3 rings (SSSR count). The molecule has 3 amide bonds. The molecule has 0 saturated carbocycles. The number of carbonyl (C=O) groups excluding carboxylic acids is 3. The largest absolute Gasteiger partial charge is 0.394 e. The standard InChI is InChI=1S/C18H30N8O7.ClH/c1-26(11(30)4-21-6-19)14-15(31)7(2-10(20)29)9(5-27)33-17(14)25-18-23-12-8(28)3-22-16(32)13(12)24-18;/h6-9,12-15,17,27-28,31H,2-5H2,1H3,(H2,19,21)(H2,20,29)(H,22,32)(H2,23,24,25);1H. The van der Waals surface area contributed by atoms with Crippen LogP contribution in [0.5, 0.6) is 0 Å². The fraction of sp³-hybridized carbons (Fsp3) is 0.722. The predicted octanol–water partition coefficient (Wildman–Crippen LogP) is -5.43. The molecule has 0 radical (unpaired) electrons. The second-order valence-electron chi connectivity index (χ2n) is 8.14. The second-order valence-corrected chi connectivity index (χ2v) is 8.14. The summed E-state index contributed by atoms with van der Waals surface area (Å²) in [4.78, 5) is 45.4. The summed E-state index contributed by atoms with van der Waals surface area (Å²) >= 11 is 0. The van der Waals surface area contributed by atoms with Crippen LogP contribution in [-0.2, 0) is 19.1 Å². The Kier molecular flexibility index (Phi) is 9.40. The number of fused-ring (bicyclic) bond motifs is 1. The fourth-order valence-electron chi connectivity index (χ4n) is 4.32. The molecule has 0 aromatic heterocycles. The summed E-state index contributed by atoms with van der Waals surface area (Å²) in [7, 11) is 1.42. The summed E-state index contributed by atoms with van der Waals surface area (Å²) < 4.78 is 5.91. The van der Waals surface area contributed by atoms with E-state index in [1.54, 1.807) is 0 Å². The zero-order valence-corrected chi connectivity index (χ0v) is 19.2. The lowest BCUT2D eigenvalue weighted by atomic mass is 9.84. The highest BCUT2D eigenvalue weighted by Crippen LogP contribution is 2.30. The molecule has 0 aliphatic carbocycles. The minimum absolute atomic E-state index is 0. The van der Waals surface area contributed by atoms with E-state index in [0.29, 0.717) is 0 Å². The Balaban J connectivity index is 0.00000408. The maximum absolute atomic E-state index is 12.6. The van der Waals surface area contributed by atoms with Crippen molar-refractivity contribution < 1.29 is 34.4 Å². The third kappa shape index (κ3) is 5.67. The number of amides is 3. The van der Waals surface area contributed by atoms with E-state index in [0.717, 1.165) is 6.34 Å². The molecule has 0 aromatic carbocycles. The number of rotatable bonds is 7. The zero-order chi connectivity index (χ0) is 24.3. The lowest BCUT2D eigenvalue weighted by Crippen LogP contribution is -2.68. The van der Waals surface area contributed by atoms with Crippen molar-refractivity contribution in [2.24, 2.45) is 27.4 Å². The quantitative estimate of drug-likeness (QED) is 0.120. The van der Waals surface area contributed by atoms with Gasteiger partial charge in [-0.3, -0.25) is 19.4 Å². The molecule has 8 unspecified atom stereocenters. The number of guanidine groups is 1. The number of hydrogen-bond donors (Lipinski definition) is 8. The molecule has 15 nitrogen and oxygen atoms in total. The number of aliphatic imine (C=N–C) groups is 2. The Morgan fingerprint density at radius 2 is 2.12 bits per heavy atom. The van der Waals surface area contributed by atoms with Crippen molar-refractivity contribution >= 4 is 42.4 Å². The number of nitrogens with two attached hydrogens (primary N) is 2. The van der Waals surface area contributed by atoms with Crippen LogP contribution in [0.2, 0.25) is 0 Å². The zero-order valence-electron chi connectivity index (χ0n) is 18.4. The summed E-state index contributed by atoms with van der Waals surface area (Å²) in [5, 5.41) is 39.4. The van der Waals surface area contributed by atoms with Gasteiger partial charge in [0.25, 0.3) is 0 Å². The van der Waals surface area contributed by atoms with E-state index >= 15 is 0 Å². The fourth-order valence-corrected chi connectivity index (χ4v) is 4.32. The smallest absolute Gasteiger partial charge is 0.247 e. The summed E-state index contributed by atoms with van der Waals surface area (Å²) in [6.07, 6.45) is -3.60. The molecule has 10 N–H and O–H groups in total. The summed E-state index contributed by atoms with van der Waals surface area (Å²) in [5.74, 6) is -2.36. The van der Waals surface area contributed by atoms with Gasteiger partial charge in [0.2, 0.25) is 17.7 Å². The van der Waals surface area contributed by atoms with E-state index in [1.165, 1.54) is 11.9 Å². The first-order valence-corrected chi connectivity index (χ1v) is 10.4. The lowest BCUT2D eigenvalue weighted by Gasteiger charge is -2.47. The van der Waals surface area contributed by atoms with Gasteiger partial charge in [-0.25, -0.2) is 4.99 Å². The van der Waals surface area contributed by atoms with Gasteiger partial charge >= 0.3 is 0 Å². The number of hydrogen-bond acceptors (Lipinski definition) is 11. The number of β-amino-alcohol motifs (C(OH)–C–C–N with tert-alkyl or cyclic N) is 1. The summed E-state index contributed by atoms with van der Waals surface area (Å²) in [6.45, 7) is -0.749. The Hall–Kier alpha value is -2.72. The van der Waals surface area contributed by atoms with Crippen molar-refractivity contribution in [2.75, 3.05) is 26.7 Å². The minimum Gasteiger partial charge on any atom is -0.394 e. The van der Waals surface area contributed by atoms with Gasteiger partial charge in [-0.15, -0.1) is 12.4 Å². The Labute approximate surface area is 201 Å². The highest BCUT2D eigenvalue weighted by Gasteiger charge is 2.50. The highest BCUT2D eigenvalue weighted by atomic mass is 35.5. The van der Waals surface area contributed by atoms with E-state index < -0.39 is 67.0 Å². The van der Waals surface area contributed by atoms with Crippen molar-refractivity contribution in [3.63, 3.8) is 0 Å². The first-order valence-electron chi connectivity index (χ1n) is 10.4. The molecule has 2 fully saturated rings. The van der Waals surface area contributed by atoms with Gasteiger partial charge in [-0.1, -0.05) is 0 Å². The van der Waals surface area contributed by atoms with Crippen LogP contribution in [0.15, 0.2) is 9.98 Å². The molecule has 34 heavy (non-hydrogen) atoms. The number of ether oxygens (including phenoxy) is 1. The third-order valence-electron chi connectivity index (χ3n) is 6.05. The second kappa shape index (κ2) is 11.6. The van der Waals surface area contributed by atoms with Gasteiger partial charge in [0.15, 0.2) is 18.2 Å². The highest BCUT2D eigenvalue weighted by molar-refractivity contribution is 5.92. The van der Waals surface area contributed by atoms with Crippen LogP contribution in [0.4, 0.5) is 0 Å². The SMILES string of the molecule is CN(C(=O)CN=CN)C1C(NC2=NC3C(=O)NCC(O)C3N2)OC(CO)C(CC(N)=O)C1O.Cl. The maximum Gasteiger partial charge on any atom is 0.247 e. The Morgan fingerprint density at radius 3 is 2.71 bits per heavy atom. The van der Waals surface area contributed by atoms with E-state index in [4.69, 9.17) is 16.2 Å². The van der Waals surface area contributed by atoms with E-state index in [-0.39, 0.29) is 43.8 Å². The molecule has 3 aliphatic rings. The molecule has 16 heteroatoms. The third-order valence-corrected chi connectivity index (χ3v) is 6.05. The number of likely N-dealkylation sites (N-methyl/N-ethyl adjacent to an activating group) is 1. The molecule has 2 saturated heterocycles. The monoisotopic (exact) mass is 506 g/mol. The predicted molar refractivity (Wildman–Crippen MR) is 121 cm³/mol. The van der Waals surface area contributed by atoms with E-state index in [9.17, 15) is 29.7 Å². The number of aliphatic hydroxyl groups excluding tert-OH is 3. The maximum atomic E-state index is 12.6. The number of aliphatic hydroxyl groups is 3. The van der Waals surface area contributed by atoms with E-state index in [1.807, 2.05) is 0 Å². The van der Waals surface area contributed by atoms with Crippen LogP contribution in [-0.4, -0.2) is 120 Å². The van der Waals surface area contributed by atoms with Crippen molar-refractivity contribution in [2.45, 2.75) is 49.1 Å². The molecule has 3 heterocycles. The molecule has 0 spiro atoms. The molecule has 3 aliphatic heterocycles. The number of nitrogens with zero attached hydrogens (tertiary/aromatic N) is 3. The van der Waals surface area contributed by atoms with Crippen LogP contribution >= 0.6 is 12.4 Å². The van der Waals surface area contributed by atoms with Crippen LogP contribution < -0.4 is 27.4 Å². The topological polar surface area (TPSA) is 237 Å². The van der Waals surface area contributed by atoms with E-state index in [2.05, 4.69) is 25.9 Å². The number of carbonyl (C=O) groups is 3. The molecule has 0 aromatic rings. The minimum atomic E-state index is -1.32. The number of piperidine rings is 1. The molecular formula is C18H31ClN8O7. The average molecular weight is 507 g/mol. The van der Waals surface area contributed by atoms with Crippen LogP contribution in [0, 0.1) is 5.92 Å². The summed E-state index contributed by atoms with van der Waals surface area (Å²) in [5.41, 5.74) is 10.5. The van der Waals surface area contributed by atoms with Crippen LogP contribution in [0.3, 0.4) is 0 Å². The normalized spacial score (nSPS) is 34.8. The van der Waals surface area contributed by atoms with Gasteiger partial charge < -0.3 is 52.4 Å². The van der Waals surface area contributed by atoms with Crippen LogP contribution in [0.1, 0.15) is 6.42 Å². The van der Waals surface area contributed by atoms with Crippen molar-refractivity contribution in [1.82, 2.24) is 20.9 Å². The van der Waals surface area contributed by atoms with Crippen molar-refractivity contribution in [1.29, 1.82) is 0 Å². The van der Waals surface area contributed by atoms with Crippen molar-refractivity contribution in [3.05, 3.63) is 0 Å². The number of halogens is 1. The van der Waals surface area contributed by atoms with Crippen LogP contribution in [0.25, 0.3) is 0 Å². The molecule has 8 atom stereocenters. The average Bonchev–Trinajstić information content (AvgIpc) is 3.21. The Bertz CT molecular complexity index is 830. The first-order chi connectivity index (χ1) is 15.7. The first kappa shape index (κ1) is 27.5. The van der Waals surface area contributed by atoms with Gasteiger partial charge in [-0.2, -0.15) is 0 Å². The lowest BCUT2D eigenvalue weighted by molar-refractivity contribution is -0.196. The Morgan fingerprint density at radius 1 is 1.41 bits per heavy atom. The number of primary amides is 1. The van der Waals surface area contributed by atoms with Gasteiger partial charge in [0.1, 0.15) is 12.6 Å². The van der Waals surface area contributed by atoms with Crippen molar-refractivity contribution in [3.8, 4) is 0 Å².